The zero-order valence-corrected chi connectivity index (χ0v) is 16.0. The number of aromatic nitrogens is 1. The molecule has 3 aliphatic rings. The Hall–Kier alpha value is -2.63. The molecule has 0 N–H and O–H groups in total. The van der Waals surface area contributed by atoms with E-state index >= 15 is 0 Å². The number of nitrogens with zero attached hydrogens (tertiary/aromatic N) is 3. The van der Waals surface area contributed by atoms with Gasteiger partial charge in [0.25, 0.3) is 5.91 Å². The van der Waals surface area contributed by atoms with Crippen LogP contribution in [0.5, 0.6) is 0 Å². The number of carbonyl (C=O) groups is 2. The van der Waals surface area contributed by atoms with Crippen molar-refractivity contribution in [3.63, 3.8) is 0 Å². The standard InChI is InChI=1S/C22H25N3O3/c26-20(18-13-23-28-19(18)17-5-2-1-3-6-17)25-12-10-22(15-25)9-4-11-24(21(22)27)14-16-7-8-16/h1-3,5-6,13,16H,4,7-12,14-15H2/t22-/m0/s1. The van der Waals surface area contributed by atoms with Crippen molar-refractivity contribution < 1.29 is 14.1 Å². The first kappa shape index (κ1) is 17.5. The average molecular weight is 379 g/mol. The molecule has 3 heterocycles. The fraction of sp³-hybridized carbons (Fsp3) is 0.500. The van der Waals surface area contributed by atoms with E-state index in [1.165, 1.54) is 19.0 Å². The van der Waals surface area contributed by atoms with Gasteiger partial charge < -0.3 is 14.3 Å². The number of benzene rings is 1. The summed E-state index contributed by atoms with van der Waals surface area (Å²) in [7, 11) is 0. The Balaban J connectivity index is 1.34. The Bertz CT molecular complexity index is 889. The van der Waals surface area contributed by atoms with Gasteiger partial charge in [-0.1, -0.05) is 35.5 Å². The minimum Gasteiger partial charge on any atom is -0.355 e. The van der Waals surface area contributed by atoms with Crippen LogP contribution in [0.2, 0.25) is 0 Å². The summed E-state index contributed by atoms with van der Waals surface area (Å²) < 4.78 is 5.38. The molecular weight excluding hydrogens is 354 g/mol. The normalized spacial score (nSPS) is 24.9. The molecule has 1 atom stereocenters. The van der Waals surface area contributed by atoms with Gasteiger partial charge in [0.05, 0.1) is 11.6 Å². The van der Waals surface area contributed by atoms with Crippen molar-refractivity contribution in [1.29, 1.82) is 0 Å². The van der Waals surface area contributed by atoms with E-state index in [9.17, 15) is 9.59 Å². The third-order valence-electron chi connectivity index (χ3n) is 6.48. The molecule has 6 nitrogen and oxygen atoms in total. The highest BCUT2D eigenvalue weighted by Gasteiger charge is 2.50. The molecule has 0 unspecified atom stereocenters. The average Bonchev–Trinajstić information content (AvgIpc) is 3.24. The van der Waals surface area contributed by atoms with Crippen LogP contribution < -0.4 is 0 Å². The molecule has 28 heavy (non-hydrogen) atoms. The maximum Gasteiger partial charge on any atom is 0.259 e. The number of piperidine rings is 1. The second-order valence-electron chi connectivity index (χ2n) is 8.49. The lowest BCUT2D eigenvalue weighted by Crippen LogP contribution is -2.50. The second kappa shape index (κ2) is 6.76. The molecule has 1 aliphatic carbocycles. The van der Waals surface area contributed by atoms with E-state index in [-0.39, 0.29) is 11.8 Å². The Labute approximate surface area is 164 Å². The van der Waals surface area contributed by atoms with Crippen molar-refractivity contribution in [2.45, 2.75) is 32.1 Å². The summed E-state index contributed by atoms with van der Waals surface area (Å²) in [6.07, 6.45) is 6.66. The van der Waals surface area contributed by atoms with E-state index < -0.39 is 5.41 Å². The first-order chi connectivity index (χ1) is 13.7. The molecule has 2 aromatic rings. The molecule has 1 aromatic carbocycles. The van der Waals surface area contributed by atoms with Crippen molar-refractivity contribution in [2.24, 2.45) is 11.3 Å². The molecule has 0 bridgehead atoms. The second-order valence-corrected chi connectivity index (χ2v) is 8.49. The minimum absolute atomic E-state index is 0.0934. The predicted octanol–water partition coefficient (Wildman–Crippen LogP) is 3.21. The highest BCUT2D eigenvalue weighted by atomic mass is 16.5. The van der Waals surface area contributed by atoms with Gasteiger partial charge >= 0.3 is 0 Å². The fourth-order valence-electron chi connectivity index (χ4n) is 4.72. The number of likely N-dealkylation sites (tertiary alicyclic amines) is 2. The van der Waals surface area contributed by atoms with Crippen molar-refractivity contribution >= 4 is 11.8 Å². The van der Waals surface area contributed by atoms with Gasteiger partial charge in [0.1, 0.15) is 5.56 Å². The summed E-state index contributed by atoms with van der Waals surface area (Å²) >= 11 is 0. The lowest BCUT2D eigenvalue weighted by Gasteiger charge is -2.39. The van der Waals surface area contributed by atoms with Gasteiger partial charge in [-0.25, -0.2) is 0 Å². The van der Waals surface area contributed by atoms with Gasteiger partial charge in [-0.3, -0.25) is 9.59 Å². The molecular formula is C22H25N3O3. The molecule has 1 aromatic heterocycles. The Kier molecular flexibility index (Phi) is 4.22. The maximum absolute atomic E-state index is 13.2. The van der Waals surface area contributed by atoms with E-state index in [1.807, 2.05) is 35.2 Å². The molecule has 2 aliphatic heterocycles. The molecule has 2 saturated heterocycles. The summed E-state index contributed by atoms with van der Waals surface area (Å²) in [5, 5.41) is 3.86. The van der Waals surface area contributed by atoms with Crippen molar-refractivity contribution in [3.8, 4) is 11.3 Å². The van der Waals surface area contributed by atoms with E-state index in [4.69, 9.17) is 4.52 Å². The van der Waals surface area contributed by atoms with E-state index in [1.54, 1.807) is 0 Å². The summed E-state index contributed by atoms with van der Waals surface area (Å²) in [4.78, 5) is 30.3. The van der Waals surface area contributed by atoms with Crippen LogP contribution in [-0.4, -0.2) is 52.9 Å². The molecule has 1 spiro atoms. The van der Waals surface area contributed by atoms with Crippen LogP contribution in [0.15, 0.2) is 41.1 Å². The van der Waals surface area contributed by atoms with Crippen LogP contribution in [0.25, 0.3) is 11.3 Å². The summed E-state index contributed by atoms with van der Waals surface area (Å²) in [5.74, 6) is 1.36. The van der Waals surface area contributed by atoms with E-state index in [2.05, 4.69) is 10.1 Å². The van der Waals surface area contributed by atoms with Crippen LogP contribution >= 0.6 is 0 Å². The first-order valence-corrected chi connectivity index (χ1v) is 10.3. The third kappa shape index (κ3) is 3.01. The number of hydrogen-bond acceptors (Lipinski definition) is 4. The molecule has 146 valence electrons. The quantitative estimate of drug-likeness (QED) is 0.818. The van der Waals surface area contributed by atoms with Gasteiger partial charge in [0.15, 0.2) is 5.76 Å². The van der Waals surface area contributed by atoms with Gasteiger partial charge in [0, 0.05) is 31.7 Å². The van der Waals surface area contributed by atoms with Crippen molar-refractivity contribution in [1.82, 2.24) is 15.0 Å². The molecule has 2 amide bonds. The number of amides is 2. The van der Waals surface area contributed by atoms with Crippen LogP contribution in [-0.2, 0) is 4.79 Å². The van der Waals surface area contributed by atoms with E-state index in [0.717, 1.165) is 37.9 Å². The van der Waals surface area contributed by atoms with Gasteiger partial charge in [0.2, 0.25) is 5.91 Å². The van der Waals surface area contributed by atoms with Crippen LogP contribution in [0.3, 0.4) is 0 Å². The monoisotopic (exact) mass is 379 g/mol. The van der Waals surface area contributed by atoms with E-state index in [0.29, 0.717) is 30.3 Å². The highest BCUT2D eigenvalue weighted by Crippen LogP contribution is 2.42. The topological polar surface area (TPSA) is 66.7 Å². The largest absolute Gasteiger partial charge is 0.355 e. The van der Waals surface area contributed by atoms with Crippen LogP contribution in [0.4, 0.5) is 0 Å². The minimum atomic E-state index is -0.396. The first-order valence-electron chi connectivity index (χ1n) is 10.3. The maximum atomic E-state index is 13.2. The third-order valence-corrected chi connectivity index (χ3v) is 6.48. The fourth-order valence-corrected chi connectivity index (χ4v) is 4.72. The predicted molar refractivity (Wildman–Crippen MR) is 103 cm³/mol. The number of rotatable bonds is 4. The van der Waals surface area contributed by atoms with Crippen molar-refractivity contribution in [3.05, 3.63) is 42.1 Å². The smallest absolute Gasteiger partial charge is 0.259 e. The Morgan fingerprint density at radius 2 is 2.00 bits per heavy atom. The van der Waals surface area contributed by atoms with Gasteiger partial charge in [-0.2, -0.15) is 0 Å². The Morgan fingerprint density at radius 3 is 2.79 bits per heavy atom. The molecule has 1 saturated carbocycles. The van der Waals surface area contributed by atoms with Gasteiger partial charge in [-0.05, 0) is 38.0 Å². The molecule has 0 radical (unpaired) electrons. The number of hydrogen-bond donors (Lipinski definition) is 0. The SMILES string of the molecule is O=C(c1cnoc1-c1ccccc1)N1CC[C@@]2(CCCN(CC3CC3)C2=O)C1. The van der Waals surface area contributed by atoms with Crippen molar-refractivity contribution in [2.75, 3.05) is 26.2 Å². The lowest BCUT2D eigenvalue weighted by molar-refractivity contribution is -0.145. The molecule has 5 rings (SSSR count). The summed E-state index contributed by atoms with van der Waals surface area (Å²) in [5.41, 5.74) is 0.912. The summed E-state index contributed by atoms with van der Waals surface area (Å²) in [6.45, 7) is 2.89. The zero-order valence-electron chi connectivity index (χ0n) is 16.0. The van der Waals surface area contributed by atoms with Crippen LogP contribution in [0, 0.1) is 11.3 Å². The molecule has 6 heteroatoms. The highest BCUT2D eigenvalue weighted by molar-refractivity contribution is 6.00. The Morgan fingerprint density at radius 1 is 1.18 bits per heavy atom. The lowest BCUT2D eigenvalue weighted by atomic mass is 9.78. The zero-order chi connectivity index (χ0) is 19.1. The van der Waals surface area contributed by atoms with Crippen LogP contribution in [0.1, 0.15) is 42.5 Å². The molecule has 3 fully saturated rings. The number of carbonyl (C=O) groups excluding carboxylic acids is 2. The summed E-state index contributed by atoms with van der Waals surface area (Å²) in [6, 6.07) is 9.55. The van der Waals surface area contributed by atoms with Gasteiger partial charge in [-0.15, -0.1) is 0 Å².